The van der Waals surface area contributed by atoms with Crippen molar-refractivity contribution in [3.8, 4) is 5.75 Å². The monoisotopic (exact) mass is 333 g/mol. The van der Waals surface area contributed by atoms with Gasteiger partial charge in [-0.05, 0) is 31.5 Å². The predicted octanol–water partition coefficient (Wildman–Crippen LogP) is 1.53. The van der Waals surface area contributed by atoms with E-state index in [1.165, 1.54) is 18.2 Å². The maximum Gasteiger partial charge on any atom is 0.265 e. The molecule has 1 N–H and O–H groups in total. The number of rotatable bonds is 5. The molecule has 0 bridgehead atoms. The maximum atomic E-state index is 12.1. The molecule has 1 aliphatic heterocycles. The lowest BCUT2D eigenvalue weighted by molar-refractivity contribution is 0.0929. The highest BCUT2D eigenvalue weighted by molar-refractivity contribution is 8.13. The predicted molar refractivity (Wildman–Crippen MR) is 77.3 cm³/mol. The Bertz CT molecular complexity index is 625. The van der Waals surface area contributed by atoms with Crippen molar-refractivity contribution in [1.29, 1.82) is 0 Å². The summed E-state index contributed by atoms with van der Waals surface area (Å²) >= 11 is 0. The van der Waals surface area contributed by atoms with Crippen LogP contribution in [0.2, 0.25) is 0 Å². The number of benzene rings is 1. The largest absolute Gasteiger partial charge is 0.492 e. The molecule has 1 atom stereocenters. The van der Waals surface area contributed by atoms with Gasteiger partial charge < -0.3 is 14.8 Å². The molecule has 1 saturated heterocycles. The second-order valence-electron chi connectivity index (χ2n) is 4.57. The van der Waals surface area contributed by atoms with E-state index in [0.717, 1.165) is 6.42 Å². The van der Waals surface area contributed by atoms with E-state index in [0.29, 0.717) is 19.8 Å². The highest BCUT2D eigenvalue weighted by atomic mass is 35.7. The van der Waals surface area contributed by atoms with Gasteiger partial charge in [0.25, 0.3) is 15.0 Å². The van der Waals surface area contributed by atoms with Crippen LogP contribution in [0.15, 0.2) is 23.1 Å². The number of hydrogen-bond acceptors (Lipinski definition) is 5. The number of halogens is 1. The van der Waals surface area contributed by atoms with Gasteiger partial charge in [-0.15, -0.1) is 0 Å². The molecule has 2 rings (SSSR count). The fraction of sp³-hybridized carbons (Fsp3) is 0.462. The van der Waals surface area contributed by atoms with E-state index >= 15 is 0 Å². The molecular weight excluding hydrogens is 318 g/mol. The Morgan fingerprint density at radius 3 is 2.86 bits per heavy atom. The molecule has 1 heterocycles. The van der Waals surface area contributed by atoms with Gasteiger partial charge in [0.05, 0.1) is 19.3 Å². The van der Waals surface area contributed by atoms with E-state index in [1.54, 1.807) is 6.92 Å². The summed E-state index contributed by atoms with van der Waals surface area (Å²) in [5.74, 6) is -0.233. The van der Waals surface area contributed by atoms with Crippen molar-refractivity contribution in [2.75, 3.05) is 19.8 Å². The number of nitrogens with one attached hydrogen (secondary N) is 1. The Labute approximate surface area is 127 Å². The molecule has 0 radical (unpaired) electrons. The normalized spacial score (nSPS) is 18.5. The molecule has 1 aromatic carbocycles. The lowest BCUT2D eigenvalue weighted by atomic mass is 10.1. The molecule has 0 aromatic heterocycles. The zero-order valence-corrected chi connectivity index (χ0v) is 13.0. The zero-order valence-electron chi connectivity index (χ0n) is 11.5. The third-order valence-corrected chi connectivity index (χ3v) is 4.38. The van der Waals surface area contributed by atoms with Gasteiger partial charge >= 0.3 is 0 Å². The third kappa shape index (κ3) is 4.09. The summed E-state index contributed by atoms with van der Waals surface area (Å²) in [5, 5.41) is 2.78. The standard InChI is InChI=1S/C13H16ClNO5S/c1-2-20-11-4-3-9(7-12(11)21(14,17)18)13(16)15-10-5-6-19-8-10/h3-4,7,10H,2,5-6,8H2,1H3,(H,15,16). The fourth-order valence-corrected chi connectivity index (χ4v) is 3.03. The number of hydrogen-bond donors (Lipinski definition) is 1. The van der Waals surface area contributed by atoms with Crippen LogP contribution in [0.1, 0.15) is 23.7 Å². The van der Waals surface area contributed by atoms with Gasteiger partial charge in [0.2, 0.25) is 0 Å². The van der Waals surface area contributed by atoms with Crippen molar-refractivity contribution in [1.82, 2.24) is 5.32 Å². The molecule has 116 valence electrons. The van der Waals surface area contributed by atoms with Crippen molar-refractivity contribution in [3.63, 3.8) is 0 Å². The van der Waals surface area contributed by atoms with E-state index in [9.17, 15) is 13.2 Å². The van der Waals surface area contributed by atoms with E-state index < -0.39 is 9.05 Å². The summed E-state index contributed by atoms with van der Waals surface area (Å²) in [6, 6.07) is 4.10. The van der Waals surface area contributed by atoms with Crippen LogP contribution in [0.25, 0.3) is 0 Å². The molecule has 0 saturated carbocycles. The summed E-state index contributed by atoms with van der Waals surface area (Å²) in [7, 11) is 1.39. The van der Waals surface area contributed by atoms with Crippen molar-refractivity contribution < 1.29 is 22.7 Å². The van der Waals surface area contributed by atoms with E-state index in [1.807, 2.05) is 0 Å². The molecule has 1 unspecified atom stereocenters. The van der Waals surface area contributed by atoms with Gasteiger partial charge in [0.15, 0.2) is 0 Å². The Morgan fingerprint density at radius 1 is 1.52 bits per heavy atom. The highest BCUT2D eigenvalue weighted by Crippen LogP contribution is 2.28. The van der Waals surface area contributed by atoms with Gasteiger partial charge in [-0.25, -0.2) is 8.42 Å². The zero-order chi connectivity index (χ0) is 15.5. The van der Waals surface area contributed by atoms with Crippen LogP contribution in [-0.4, -0.2) is 40.2 Å². The van der Waals surface area contributed by atoms with E-state index in [-0.39, 0.29) is 28.2 Å². The second-order valence-corrected chi connectivity index (χ2v) is 7.10. The Morgan fingerprint density at radius 2 is 2.29 bits per heavy atom. The molecule has 6 nitrogen and oxygen atoms in total. The molecular formula is C13H16ClNO5S. The molecule has 0 aliphatic carbocycles. The molecule has 8 heteroatoms. The summed E-state index contributed by atoms with van der Waals surface area (Å²) in [5.41, 5.74) is 0.213. The first-order valence-corrected chi connectivity index (χ1v) is 8.83. The molecule has 1 aliphatic rings. The number of carbonyl (C=O) groups is 1. The van der Waals surface area contributed by atoms with Crippen LogP contribution >= 0.6 is 10.7 Å². The molecule has 1 fully saturated rings. The molecule has 1 amide bonds. The van der Waals surface area contributed by atoms with Crippen LogP contribution in [0.5, 0.6) is 5.75 Å². The average molecular weight is 334 g/mol. The quantitative estimate of drug-likeness (QED) is 0.826. The molecule has 21 heavy (non-hydrogen) atoms. The topological polar surface area (TPSA) is 81.7 Å². The number of ether oxygens (including phenoxy) is 2. The molecule has 0 spiro atoms. The highest BCUT2D eigenvalue weighted by Gasteiger charge is 2.22. The first-order valence-electron chi connectivity index (χ1n) is 6.52. The number of carbonyl (C=O) groups excluding carboxylic acids is 1. The van der Waals surface area contributed by atoms with E-state index in [4.69, 9.17) is 20.2 Å². The van der Waals surface area contributed by atoms with Crippen LogP contribution in [0.3, 0.4) is 0 Å². The first-order chi connectivity index (χ1) is 9.91. The van der Waals surface area contributed by atoms with Crippen LogP contribution in [-0.2, 0) is 13.8 Å². The SMILES string of the molecule is CCOc1ccc(C(=O)NC2CCOC2)cc1S(=O)(=O)Cl. The average Bonchev–Trinajstić information content (AvgIpc) is 2.91. The van der Waals surface area contributed by atoms with Gasteiger partial charge in [-0.1, -0.05) is 0 Å². The minimum Gasteiger partial charge on any atom is -0.492 e. The fourth-order valence-electron chi connectivity index (χ4n) is 2.03. The Kier molecular flexibility index (Phi) is 5.08. The van der Waals surface area contributed by atoms with Crippen molar-refractivity contribution in [2.45, 2.75) is 24.3 Å². The Balaban J connectivity index is 2.26. The van der Waals surface area contributed by atoms with Gasteiger partial charge in [-0.2, -0.15) is 0 Å². The first kappa shape index (κ1) is 16.1. The van der Waals surface area contributed by atoms with Crippen LogP contribution in [0, 0.1) is 0 Å². The van der Waals surface area contributed by atoms with Crippen molar-refractivity contribution >= 4 is 25.6 Å². The second kappa shape index (κ2) is 6.64. The van der Waals surface area contributed by atoms with Crippen LogP contribution < -0.4 is 10.1 Å². The molecule has 1 aromatic rings. The van der Waals surface area contributed by atoms with Gasteiger partial charge in [0, 0.05) is 22.9 Å². The summed E-state index contributed by atoms with van der Waals surface area (Å²) < 4.78 is 33.6. The van der Waals surface area contributed by atoms with Crippen LogP contribution in [0.4, 0.5) is 0 Å². The Hall–Kier alpha value is -1.31. The minimum atomic E-state index is -4.00. The summed E-state index contributed by atoms with van der Waals surface area (Å²) in [6.07, 6.45) is 0.740. The maximum absolute atomic E-state index is 12.1. The van der Waals surface area contributed by atoms with Gasteiger partial charge in [-0.3, -0.25) is 4.79 Å². The van der Waals surface area contributed by atoms with Crippen molar-refractivity contribution in [2.24, 2.45) is 0 Å². The smallest absolute Gasteiger partial charge is 0.265 e. The summed E-state index contributed by atoms with van der Waals surface area (Å²) in [4.78, 5) is 11.9. The third-order valence-electron chi connectivity index (χ3n) is 3.03. The van der Waals surface area contributed by atoms with Crippen molar-refractivity contribution in [3.05, 3.63) is 23.8 Å². The van der Waals surface area contributed by atoms with Gasteiger partial charge in [0.1, 0.15) is 10.6 Å². The number of amides is 1. The minimum absolute atomic E-state index is 0.0554. The lowest BCUT2D eigenvalue weighted by Crippen LogP contribution is -2.35. The summed E-state index contributed by atoms with van der Waals surface area (Å²) in [6.45, 7) is 3.09. The van der Waals surface area contributed by atoms with E-state index in [2.05, 4.69) is 5.32 Å². The lowest BCUT2D eigenvalue weighted by Gasteiger charge is -2.13.